The Morgan fingerprint density at radius 2 is 1.34 bits per heavy atom. The zero-order chi connectivity index (χ0) is 28.2. The van der Waals surface area contributed by atoms with Crippen LogP contribution in [0, 0.1) is 5.41 Å². The number of hydrogen-bond donors (Lipinski definition) is 5. The minimum Gasteiger partial charge on any atom is -0.397 e. The molecule has 1 aliphatic heterocycles. The smallest absolute Gasteiger partial charge is 0.159 e. The van der Waals surface area contributed by atoms with Crippen molar-refractivity contribution in [3.63, 3.8) is 0 Å². The van der Waals surface area contributed by atoms with Gasteiger partial charge in [0.15, 0.2) is 5.84 Å². The molecule has 0 saturated heterocycles. The first-order valence-corrected chi connectivity index (χ1v) is 13.3. The van der Waals surface area contributed by atoms with E-state index in [9.17, 15) is 0 Å². The van der Waals surface area contributed by atoms with Crippen molar-refractivity contribution in [2.75, 3.05) is 11.1 Å². The molecule has 200 valence electrons. The van der Waals surface area contributed by atoms with Crippen LogP contribution in [0.3, 0.4) is 0 Å². The number of amidine groups is 3. The van der Waals surface area contributed by atoms with Crippen LogP contribution in [0.15, 0.2) is 137 Å². The second-order valence-electron chi connectivity index (χ2n) is 9.71. The number of anilines is 3. The lowest BCUT2D eigenvalue weighted by atomic mass is 9.97. The molecule has 0 saturated carbocycles. The lowest BCUT2D eigenvalue weighted by Gasteiger charge is -2.24. The van der Waals surface area contributed by atoms with Gasteiger partial charge in [0.1, 0.15) is 17.8 Å². The van der Waals surface area contributed by atoms with Crippen molar-refractivity contribution in [1.29, 1.82) is 5.41 Å². The van der Waals surface area contributed by atoms with E-state index in [2.05, 4.69) is 16.7 Å². The highest BCUT2D eigenvalue weighted by atomic mass is 15.2. The molecule has 1 aliphatic rings. The Labute approximate surface area is 238 Å². The first-order chi connectivity index (χ1) is 20.0. The van der Waals surface area contributed by atoms with E-state index >= 15 is 0 Å². The summed E-state index contributed by atoms with van der Waals surface area (Å²) in [5.41, 5.74) is 19.8. The molecule has 6 rings (SSSR count). The molecule has 7 heteroatoms. The molecule has 0 spiro atoms. The Balaban J connectivity index is 1.46. The highest BCUT2D eigenvalue weighted by Gasteiger charge is 2.22. The Morgan fingerprint density at radius 3 is 2.07 bits per heavy atom. The maximum Gasteiger partial charge on any atom is 0.159 e. The first-order valence-electron chi connectivity index (χ1n) is 13.3. The number of rotatable bonds is 7. The third kappa shape index (κ3) is 5.55. The number of benzene rings is 5. The topological polar surface area (TPSA) is 125 Å². The summed E-state index contributed by atoms with van der Waals surface area (Å²) in [5, 5.41) is 15.3. The van der Waals surface area contributed by atoms with Crippen LogP contribution in [0.4, 0.5) is 17.1 Å². The number of hydrogen-bond acceptors (Lipinski definition) is 6. The number of aliphatic imine (C=N–C) groups is 2. The molecule has 7 N–H and O–H groups in total. The zero-order valence-corrected chi connectivity index (χ0v) is 22.3. The van der Waals surface area contributed by atoms with Gasteiger partial charge in [0, 0.05) is 27.9 Å². The zero-order valence-electron chi connectivity index (χ0n) is 22.3. The van der Waals surface area contributed by atoms with Gasteiger partial charge in [-0.05, 0) is 47.5 Å². The van der Waals surface area contributed by atoms with Gasteiger partial charge in [-0.3, -0.25) is 5.41 Å². The van der Waals surface area contributed by atoms with Gasteiger partial charge in [-0.15, -0.1) is 0 Å². The quantitative estimate of drug-likeness (QED) is 0.0932. The number of nitrogen functional groups attached to an aromatic ring is 2. The lowest BCUT2D eigenvalue weighted by molar-refractivity contribution is 0.674. The second-order valence-corrected chi connectivity index (χ2v) is 9.71. The van der Waals surface area contributed by atoms with Crippen LogP contribution in [0.1, 0.15) is 28.4 Å². The Kier molecular flexibility index (Phi) is 6.99. The average molecular weight is 536 g/mol. The summed E-state index contributed by atoms with van der Waals surface area (Å²) in [5.74, 6) is 1.25. The molecule has 0 amide bonds. The van der Waals surface area contributed by atoms with Crippen molar-refractivity contribution in [2.45, 2.75) is 6.17 Å². The molecule has 1 unspecified atom stereocenters. The van der Waals surface area contributed by atoms with Crippen molar-refractivity contribution < 1.29 is 0 Å². The molecule has 0 aliphatic carbocycles. The van der Waals surface area contributed by atoms with Gasteiger partial charge >= 0.3 is 0 Å². The fourth-order valence-corrected chi connectivity index (χ4v) is 4.79. The van der Waals surface area contributed by atoms with E-state index in [-0.39, 0.29) is 12.0 Å². The second kappa shape index (κ2) is 11.2. The van der Waals surface area contributed by atoms with E-state index in [1.54, 1.807) is 0 Å². The molecule has 0 fully saturated rings. The summed E-state index contributed by atoms with van der Waals surface area (Å²) in [6, 6.07) is 41.5. The molecular formula is C34H29N7. The van der Waals surface area contributed by atoms with Gasteiger partial charge in [-0.2, -0.15) is 0 Å². The van der Waals surface area contributed by atoms with Crippen molar-refractivity contribution in [3.05, 3.63) is 150 Å². The molecule has 7 nitrogen and oxygen atoms in total. The van der Waals surface area contributed by atoms with Crippen molar-refractivity contribution in [3.8, 4) is 11.1 Å². The molecular weight excluding hydrogens is 506 g/mol. The SMILES string of the molecule is N=C(N)c1cc(C2=NC(c3ccccc3)=NC(c3ccccc3)N2)cc(-c2ccccc2Nc2ccccc2N)c1. The monoisotopic (exact) mass is 535 g/mol. The highest BCUT2D eigenvalue weighted by Crippen LogP contribution is 2.33. The van der Waals surface area contributed by atoms with Gasteiger partial charge in [-0.25, -0.2) is 9.98 Å². The van der Waals surface area contributed by atoms with Crippen LogP contribution >= 0.6 is 0 Å². The summed E-state index contributed by atoms with van der Waals surface area (Å²) in [4.78, 5) is 9.88. The van der Waals surface area contributed by atoms with Crippen molar-refractivity contribution in [1.82, 2.24) is 5.32 Å². The van der Waals surface area contributed by atoms with E-state index in [0.717, 1.165) is 39.2 Å². The van der Waals surface area contributed by atoms with Gasteiger partial charge in [0.05, 0.1) is 11.4 Å². The first kappa shape index (κ1) is 25.6. The largest absolute Gasteiger partial charge is 0.397 e. The van der Waals surface area contributed by atoms with Crippen LogP contribution in [0.5, 0.6) is 0 Å². The molecule has 0 radical (unpaired) electrons. The van der Waals surface area contributed by atoms with E-state index in [4.69, 9.17) is 26.9 Å². The van der Waals surface area contributed by atoms with Crippen molar-refractivity contribution in [2.24, 2.45) is 15.7 Å². The summed E-state index contributed by atoms with van der Waals surface area (Å²) in [6.45, 7) is 0. The van der Waals surface area contributed by atoms with E-state index in [1.807, 2.05) is 121 Å². The van der Waals surface area contributed by atoms with Crippen molar-refractivity contribution >= 4 is 34.6 Å². The Bertz CT molecular complexity index is 1780. The molecule has 41 heavy (non-hydrogen) atoms. The maximum absolute atomic E-state index is 8.28. The minimum atomic E-state index is -0.335. The van der Waals surface area contributed by atoms with Gasteiger partial charge in [0.2, 0.25) is 0 Å². The summed E-state index contributed by atoms with van der Waals surface area (Å²) in [7, 11) is 0. The maximum atomic E-state index is 8.28. The minimum absolute atomic E-state index is 0.0289. The number of nitrogens with zero attached hydrogens (tertiary/aromatic N) is 2. The fourth-order valence-electron chi connectivity index (χ4n) is 4.79. The summed E-state index contributed by atoms with van der Waals surface area (Å²) < 4.78 is 0. The third-order valence-electron chi connectivity index (χ3n) is 6.88. The predicted octanol–water partition coefficient (Wildman–Crippen LogP) is 6.46. The van der Waals surface area contributed by atoms with Crippen LogP contribution in [-0.2, 0) is 0 Å². The van der Waals surface area contributed by atoms with E-state index in [0.29, 0.717) is 22.9 Å². The number of para-hydroxylation sites is 3. The Morgan fingerprint density at radius 1 is 0.707 bits per heavy atom. The normalized spacial score (nSPS) is 14.4. The molecule has 0 aromatic heterocycles. The Hall–Kier alpha value is -5.69. The molecule has 1 heterocycles. The van der Waals surface area contributed by atoms with Gasteiger partial charge in [0.25, 0.3) is 0 Å². The summed E-state index contributed by atoms with van der Waals surface area (Å²) in [6.07, 6.45) is -0.335. The van der Waals surface area contributed by atoms with Crippen LogP contribution < -0.4 is 22.1 Å². The number of nitrogens with two attached hydrogens (primary N) is 2. The third-order valence-corrected chi connectivity index (χ3v) is 6.88. The van der Waals surface area contributed by atoms with E-state index in [1.165, 1.54) is 0 Å². The van der Waals surface area contributed by atoms with Gasteiger partial charge in [-0.1, -0.05) is 91.0 Å². The van der Waals surface area contributed by atoms with Crippen LogP contribution in [0.25, 0.3) is 11.1 Å². The predicted molar refractivity (Wildman–Crippen MR) is 169 cm³/mol. The molecule has 5 aromatic rings. The van der Waals surface area contributed by atoms with E-state index < -0.39 is 0 Å². The molecule has 1 atom stereocenters. The standard InChI is InChI=1S/C34H29N7/c35-28-16-8-10-18-30(28)38-29-17-9-7-15-27(29)24-19-25(31(36)37)21-26(20-24)34-40-32(22-11-3-1-4-12-22)39-33(41-34)23-13-5-2-6-14-23/h1-21,32,38H,35H2,(H3,36,37)(H,39,40,41). The average Bonchev–Trinajstić information content (AvgIpc) is 3.03. The molecule has 0 bridgehead atoms. The van der Waals surface area contributed by atoms with Gasteiger partial charge < -0.3 is 22.1 Å². The number of nitrogens with one attached hydrogen (secondary N) is 3. The molecule has 5 aromatic carbocycles. The van der Waals surface area contributed by atoms with Crippen LogP contribution in [-0.4, -0.2) is 17.5 Å². The fraction of sp³-hybridized carbons (Fsp3) is 0.0294. The summed E-state index contributed by atoms with van der Waals surface area (Å²) >= 11 is 0. The lowest BCUT2D eigenvalue weighted by Crippen LogP contribution is -2.33. The van der Waals surface area contributed by atoms with Crippen LogP contribution in [0.2, 0.25) is 0 Å². The highest BCUT2D eigenvalue weighted by molar-refractivity contribution is 6.14.